The molecule has 0 amide bonds. The highest BCUT2D eigenvalue weighted by Crippen LogP contribution is 2.36. The molecule has 2 fully saturated rings. The van der Waals surface area contributed by atoms with Gasteiger partial charge in [0.2, 0.25) is 0 Å². The van der Waals surface area contributed by atoms with Crippen LogP contribution in [0.3, 0.4) is 0 Å². The van der Waals surface area contributed by atoms with Gasteiger partial charge in [-0.1, -0.05) is 13.3 Å². The van der Waals surface area contributed by atoms with Crippen LogP contribution in [-0.2, 0) is 0 Å². The third kappa shape index (κ3) is 4.12. The molecule has 1 heterocycles. The van der Waals surface area contributed by atoms with Crippen LogP contribution in [0.1, 0.15) is 39.0 Å². The largest absolute Gasteiger partial charge is 0.316 e. The number of nitrogens with one attached hydrogen (secondary N) is 1. The molecule has 0 aromatic rings. The molecule has 15 heavy (non-hydrogen) atoms. The van der Waals surface area contributed by atoms with Crippen molar-refractivity contribution in [1.82, 2.24) is 10.2 Å². The van der Waals surface area contributed by atoms with Crippen molar-refractivity contribution >= 4 is 0 Å². The van der Waals surface area contributed by atoms with Gasteiger partial charge in [-0.05, 0) is 70.2 Å². The van der Waals surface area contributed by atoms with Gasteiger partial charge in [0.1, 0.15) is 0 Å². The van der Waals surface area contributed by atoms with Gasteiger partial charge in [0.05, 0.1) is 0 Å². The fourth-order valence-corrected chi connectivity index (χ4v) is 2.58. The summed E-state index contributed by atoms with van der Waals surface area (Å²) >= 11 is 0. The lowest BCUT2D eigenvalue weighted by Gasteiger charge is -2.26. The van der Waals surface area contributed by atoms with Gasteiger partial charge in [-0.25, -0.2) is 0 Å². The molecule has 2 aliphatic rings. The summed E-state index contributed by atoms with van der Waals surface area (Å²) in [6.45, 7) is 8.85. The first-order chi connectivity index (χ1) is 7.36. The fourth-order valence-electron chi connectivity index (χ4n) is 2.58. The van der Waals surface area contributed by atoms with E-state index in [0.29, 0.717) is 0 Å². The molecular formula is C13H26N2. The van der Waals surface area contributed by atoms with Crippen LogP contribution in [0.2, 0.25) is 0 Å². The molecule has 0 radical (unpaired) electrons. The van der Waals surface area contributed by atoms with Crippen LogP contribution in [0.5, 0.6) is 0 Å². The van der Waals surface area contributed by atoms with E-state index in [0.717, 1.165) is 11.8 Å². The molecule has 1 saturated carbocycles. The van der Waals surface area contributed by atoms with E-state index in [9.17, 15) is 0 Å². The number of nitrogens with zero attached hydrogens (tertiary/aromatic N) is 1. The molecule has 2 heteroatoms. The topological polar surface area (TPSA) is 15.3 Å². The van der Waals surface area contributed by atoms with Crippen molar-refractivity contribution in [3.63, 3.8) is 0 Å². The van der Waals surface area contributed by atoms with E-state index < -0.39 is 0 Å². The first-order valence-electron chi connectivity index (χ1n) is 6.79. The maximum Gasteiger partial charge on any atom is -0.000664 e. The zero-order chi connectivity index (χ0) is 10.5. The monoisotopic (exact) mass is 210 g/mol. The van der Waals surface area contributed by atoms with Gasteiger partial charge in [-0.15, -0.1) is 0 Å². The number of piperidine rings is 1. The van der Waals surface area contributed by atoms with Crippen LogP contribution >= 0.6 is 0 Å². The predicted molar refractivity (Wildman–Crippen MR) is 65.0 cm³/mol. The lowest BCUT2D eigenvalue weighted by atomic mass is 10.1. The summed E-state index contributed by atoms with van der Waals surface area (Å²) in [5.41, 5.74) is 0. The number of hydrogen-bond donors (Lipinski definition) is 1. The average Bonchev–Trinajstić information content (AvgIpc) is 2.96. The van der Waals surface area contributed by atoms with Crippen molar-refractivity contribution in [3.05, 3.63) is 0 Å². The lowest BCUT2D eigenvalue weighted by molar-refractivity contribution is 0.225. The minimum atomic E-state index is 1.000. The van der Waals surface area contributed by atoms with E-state index in [-0.39, 0.29) is 0 Å². The van der Waals surface area contributed by atoms with Crippen molar-refractivity contribution in [2.75, 3.05) is 32.7 Å². The quantitative estimate of drug-likeness (QED) is 0.676. The summed E-state index contributed by atoms with van der Waals surface area (Å²) in [5, 5.41) is 3.59. The normalized spacial score (nSPS) is 31.8. The number of hydrogen-bond acceptors (Lipinski definition) is 2. The first kappa shape index (κ1) is 11.4. The first-order valence-corrected chi connectivity index (χ1v) is 6.79. The Hall–Kier alpha value is -0.0800. The third-order valence-electron chi connectivity index (χ3n) is 3.96. The molecule has 1 N–H and O–H groups in total. The second-order valence-electron chi connectivity index (χ2n) is 5.43. The van der Waals surface area contributed by atoms with E-state index >= 15 is 0 Å². The van der Waals surface area contributed by atoms with E-state index in [1.54, 1.807) is 0 Å². The second kappa shape index (κ2) is 5.86. The fraction of sp³-hybridized carbons (Fsp3) is 1.00. The highest BCUT2D eigenvalue weighted by Gasteiger charge is 2.31. The molecule has 0 aromatic heterocycles. The lowest BCUT2D eigenvalue weighted by Crippen LogP contribution is -2.32. The summed E-state index contributed by atoms with van der Waals surface area (Å²) in [6, 6.07) is 0. The molecule has 2 unspecified atom stereocenters. The van der Waals surface area contributed by atoms with Gasteiger partial charge in [-0.2, -0.15) is 0 Å². The van der Waals surface area contributed by atoms with E-state index in [2.05, 4.69) is 17.1 Å². The maximum atomic E-state index is 3.59. The van der Waals surface area contributed by atoms with Gasteiger partial charge in [0.15, 0.2) is 0 Å². The van der Waals surface area contributed by atoms with Gasteiger partial charge in [-0.3, -0.25) is 0 Å². The number of likely N-dealkylation sites (tertiary alicyclic amines) is 1. The van der Waals surface area contributed by atoms with Crippen molar-refractivity contribution in [2.45, 2.75) is 39.0 Å². The molecule has 0 bridgehead atoms. The van der Waals surface area contributed by atoms with E-state index in [1.165, 1.54) is 64.8 Å². The minimum absolute atomic E-state index is 1.000. The molecule has 2 rings (SSSR count). The summed E-state index contributed by atoms with van der Waals surface area (Å²) in [5.74, 6) is 2.00. The molecule has 88 valence electrons. The van der Waals surface area contributed by atoms with Crippen LogP contribution in [0.4, 0.5) is 0 Å². The van der Waals surface area contributed by atoms with Gasteiger partial charge >= 0.3 is 0 Å². The molecule has 0 spiro atoms. The summed E-state index contributed by atoms with van der Waals surface area (Å²) in [6.07, 6.45) is 7.09. The van der Waals surface area contributed by atoms with Crippen LogP contribution in [-0.4, -0.2) is 37.6 Å². The van der Waals surface area contributed by atoms with Crippen molar-refractivity contribution in [3.8, 4) is 0 Å². The van der Waals surface area contributed by atoms with E-state index in [1.807, 2.05) is 0 Å². The standard InChI is InChI=1S/C13H26N2/c1-12-10-13(12)11-14-6-5-9-15-7-3-2-4-8-15/h12-14H,2-11H2,1H3. The number of rotatable bonds is 6. The van der Waals surface area contributed by atoms with Crippen molar-refractivity contribution in [1.29, 1.82) is 0 Å². The minimum Gasteiger partial charge on any atom is -0.316 e. The molecule has 0 aromatic carbocycles. The maximum absolute atomic E-state index is 3.59. The highest BCUT2D eigenvalue weighted by atomic mass is 15.1. The zero-order valence-corrected chi connectivity index (χ0v) is 10.2. The SMILES string of the molecule is CC1CC1CNCCCN1CCCCC1. The molecule has 2 atom stereocenters. The van der Waals surface area contributed by atoms with Crippen LogP contribution in [0.15, 0.2) is 0 Å². The average molecular weight is 210 g/mol. The van der Waals surface area contributed by atoms with Crippen molar-refractivity contribution in [2.24, 2.45) is 11.8 Å². The molecule has 1 aliphatic heterocycles. The van der Waals surface area contributed by atoms with Crippen LogP contribution in [0, 0.1) is 11.8 Å². The van der Waals surface area contributed by atoms with Crippen molar-refractivity contribution < 1.29 is 0 Å². The van der Waals surface area contributed by atoms with Crippen LogP contribution < -0.4 is 5.32 Å². The Kier molecular flexibility index (Phi) is 4.45. The third-order valence-corrected chi connectivity index (χ3v) is 3.96. The molecule has 1 saturated heterocycles. The molecular weight excluding hydrogens is 184 g/mol. The Morgan fingerprint density at radius 3 is 2.60 bits per heavy atom. The zero-order valence-electron chi connectivity index (χ0n) is 10.2. The second-order valence-corrected chi connectivity index (χ2v) is 5.43. The van der Waals surface area contributed by atoms with Gasteiger partial charge < -0.3 is 10.2 Å². The Morgan fingerprint density at radius 2 is 1.93 bits per heavy atom. The Bertz CT molecular complexity index is 175. The summed E-state index contributed by atoms with van der Waals surface area (Å²) in [7, 11) is 0. The molecule has 1 aliphatic carbocycles. The Labute approximate surface area is 94.4 Å². The Balaban J connectivity index is 1.41. The van der Waals surface area contributed by atoms with Crippen LogP contribution in [0.25, 0.3) is 0 Å². The Morgan fingerprint density at radius 1 is 1.20 bits per heavy atom. The predicted octanol–water partition coefficient (Wildman–Crippen LogP) is 2.11. The highest BCUT2D eigenvalue weighted by molar-refractivity contribution is 4.83. The van der Waals surface area contributed by atoms with Gasteiger partial charge in [0, 0.05) is 0 Å². The smallest absolute Gasteiger partial charge is 0.000664 e. The summed E-state index contributed by atoms with van der Waals surface area (Å²) in [4.78, 5) is 2.63. The molecule has 2 nitrogen and oxygen atoms in total. The van der Waals surface area contributed by atoms with E-state index in [4.69, 9.17) is 0 Å². The summed E-state index contributed by atoms with van der Waals surface area (Å²) < 4.78 is 0. The van der Waals surface area contributed by atoms with Gasteiger partial charge in [0.25, 0.3) is 0 Å².